The molecule has 0 fully saturated rings. The molecule has 0 aliphatic heterocycles. The van der Waals surface area contributed by atoms with Crippen LogP contribution in [0.4, 0.5) is 8.78 Å². The molecule has 0 unspecified atom stereocenters. The average molecular weight is 317 g/mol. The van der Waals surface area contributed by atoms with Crippen LogP contribution in [0.3, 0.4) is 0 Å². The van der Waals surface area contributed by atoms with Crippen LogP contribution in [0.25, 0.3) is 0 Å². The summed E-state index contributed by atoms with van der Waals surface area (Å²) in [7, 11) is 1.64. The van der Waals surface area contributed by atoms with Crippen molar-refractivity contribution in [2.75, 3.05) is 13.6 Å². The Labute approximate surface area is 135 Å². The van der Waals surface area contributed by atoms with Gasteiger partial charge in [0.2, 0.25) is 0 Å². The van der Waals surface area contributed by atoms with Crippen molar-refractivity contribution in [2.45, 2.75) is 19.9 Å². The van der Waals surface area contributed by atoms with Crippen molar-refractivity contribution in [3.05, 3.63) is 70.8 Å². The van der Waals surface area contributed by atoms with E-state index in [2.05, 4.69) is 40.7 Å². The first-order valence-electron chi connectivity index (χ1n) is 7.52. The van der Waals surface area contributed by atoms with Crippen molar-refractivity contribution >= 4 is 5.96 Å². The third-order valence-electron chi connectivity index (χ3n) is 3.47. The van der Waals surface area contributed by atoms with Gasteiger partial charge in [-0.1, -0.05) is 29.8 Å². The molecule has 0 saturated carbocycles. The van der Waals surface area contributed by atoms with Gasteiger partial charge in [0.25, 0.3) is 0 Å². The van der Waals surface area contributed by atoms with Gasteiger partial charge in [-0.25, -0.2) is 8.78 Å². The number of nitrogens with one attached hydrogen (secondary N) is 2. The second-order valence-electron chi connectivity index (χ2n) is 5.33. The molecule has 0 radical (unpaired) electrons. The molecule has 5 heteroatoms. The van der Waals surface area contributed by atoms with Crippen molar-refractivity contribution in [1.82, 2.24) is 10.6 Å². The van der Waals surface area contributed by atoms with Crippen LogP contribution in [0.15, 0.2) is 47.5 Å². The zero-order valence-corrected chi connectivity index (χ0v) is 13.4. The number of hydrogen-bond donors (Lipinski definition) is 2. The second kappa shape index (κ2) is 8.27. The minimum absolute atomic E-state index is 0.174. The minimum Gasteiger partial charge on any atom is -0.356 e. The predicted molar refractivity (Wildman–Crippen MR) is 89.4 cm³/mol. The van der Waals surface area contributed by atoms with Crippen LogP contribution in [0.1, 0.15) is 16.7 Å². The van der Waals surface area contributed by atoms with Gasteiger partial charge < -0.3 is 10.6 Å². The Morgan fingerprint density at radius 2 is 1.91 bits per heavy atom. The maximum absolute atomic E-state index is 13.6. The molecule has 3 nitrogen and oxygen atoms in total. The molecule has 0 spiro atoms. The van der Waals surface area contributed by atoms with Crippen LogP contribution in [0, 0.1) is 18.6 Å². The van der Waals surface area contributed by atoms with Crippen LogP contribution >= 0.6 is 0 Å². The Morgan fingerprint density at radius 1 is 1.09 bits per heavy atom. The van der Waals surface area contributed by atoms with Gasteiger partial charge in [-0.2, -0.15) is 0 Å². The van der Waals surface area contributed by atoms with Gasteiger partial charge in [0, 0.05) is 25.7 Å². The SMILES string of the molecule is CN=C(NCCc1cccc(C)c1)NCc1cc(F)ccc1F. The van der Waals surface area contributed by atoms with E-state index < -0.39 is 11.6 Å². The van der Waals surface area contributed by atoms with E-state index in [0.717, 1.165) is 18.6 Å². The number of hydrogen-bond acceptors (Lipinski definition) is 1. The normalized spacial score (nSPS) is 11.4. The molecule has 0 saturated heterocycles. The largest absolute Gasteiger partial charge is 0.356 e. The maximum Gasteiger partial charge on any atom is 0.191 e. The van der Waals surface area contributed by atoms with E-state index in [1.165, 1.54) is 17.2 Å². The summed E-state index contributed by atoms with van der Waals surface area (Å²) in [5.74, 6) is -0.332. The van der Waals surface area contributed by atoms with Crippen molar-refractivity contribution in [3.63, 3.8) is 0 Å². The molecule has 0 amide bonds. The van der Waals surface area contributed by atoms with E-state index in [0.29, 0.717) is 12.5 Å². The lowest BCUT2D eigenvalue weighted by Crippen LogP contribution is -2.38. The summed E-state index contributed by atoms with van der Waals surface area (Å²) in [4.78, 5) is 4.08. The van der Waals surface area contributed by atoms with Gasteiger partial charge in [0.1, 0.15) is 11.6 Å². The molecule has 23 heavy (non-hydrogen) atoms. The fourth-order valence-corrected chi connectivity index (χ4v) is 2.27. The number of guanidine groups is 1. The van der Waals surface area contributed by atoms with Crippen LogP contribution < -0.4 is 10.6 Å². The smallest absolute Gasteiger partial charge is 0.191 e. The quantitative estimate of drug-likeness (QED) is 0.656. The Kier molecular flexibility index (Phi) is 6.09. The minimum atomic E-state index is -0.453. The highest BCUT2D eigenvalue weighted by Crippen LogP contribution is 2.09. The summed E-state index contributed by atoms with van der Waals surface area (Å²) >= 11 is 0. The molecule has 0 aliphatic rings. The zero-order valence-electron chi connectivity index (χ0n) is 13.4. The maximum atomic E-state index is 13.6. The first-order chi connectivity index (χ1) is 11.1. The lowest BCUT2D eigenvalue weighted by Gasteiger charge is -2.12. The van der Waals surface area contributed by atoms with Crippen LogP contribution in [0.2, 0.25) is 0 Å². The lowest BCUT2D eigenvalue weighted by atomic mass is 10.1. The number of aliphatic imine (C=N–C) groups is 1. The zero-order chi connectivity index (χ0) is 16.7. The average Bonchev–Trinajstić information content (AvgIpc) is 2.53. The van der Waals surface area contributed by atoms with E-state index in [4.69, 9.17) is 0 Å². The van der Waals surface area contributed by atoms with Gasteiger partial charge in [0.15, 0.2) is 5.96 Å². The van der Waals surface area contributed by atoms with Crippen LogP contribution in [-0.4, -0.2) is 19.6 Å². The van der Waals surface area contributed by atoms with E-state index >= 15 is 0 Å². The molecule has 2 aromatic carbocycles. The van der Waals surface area contributed by atoms with Gasteiger partial charge in [0.05, 0.1) is 0 Å². The van der Waals surface area contributed by atoms with E-state index in [-0.39, 0.29) is 12.1 Å². The number of rotatable bonds is 5. The molecule has 2 aromatic rings. The summed E-state index contributed by atoms with van der Waals surface area (Å²) < 4.78 is 26.7. The first-order valence-corrected chi connectivity index (χ1v) is 7.52. The molecule has 122 valence electrons. The van der Waals surface area contributed by atoms with Gasteiger partial charge in [-0.05, 0) is 37.1 Å². The molecule has 0 aromatic heterocycles. The Hall–Kier alpha value is -2.43. The number of aryl methyl sites for hydroxylation is 1. The van der Waals surface area contributed by atoms with Crippen LogP contribution in [-0.2, 0) is 13.0 Å². The van der Waals surface area contributed by atoms with Crippen molar-refractivity contribution in [1.29, 1.82) is 0 Å². The predicted octanol–water partition coefficient (Wildman–Crippen LogP) is 3.18. The number of nitrogens with zero attached hydrogens (tertiary/aromatic N) is 1. The first kappa shape index (κ1) is 16.9. The Bertz CT molecular complexity index is 684. The molecule has 0 aliphatic carbocycles. The summed E-state index contributed by atoms with van der Waals surface area (Å²) in [6.07, 6.45) is 0.858. The van der Waals surface area contributed by atoms with Crippen LogP contribution in [0.5, 0.6) is 0 Å². The topological polar surface area (TPSA) is 36.4 Å². The van der Waals surface area contributed by atoms with Gasteiger partial charge >= 0.3 is 0 Å². The summed E-state index contributed by atoms with van der Waals surface area (Å²) in [6.45, 7) is 2.94. The Morgan fingerprint density at radius 3 is 2.65 bits per heavy atom. The van der Waals surface area contributed by atoms with E-state index in [1.54, 1.807) is 7.05 Å². The summed E-state index contributed by atoms with van der Waals surface area (Å²) in [5.41, 5.74) is 2.74. The summed E-state index contributed by atoms with van der Waals surface area (Å²) in [5, 5.41) is 6.15. The van der Waals surface area contributed by atoms with Gasteiger partial charge in [-0.3, -0.25) is 4.99 Å². The molecule has 0 atom stereocenters. The molecular weight excluding hydrogens is 296 g/mol. The highest BCUT2D eigenvalue weighted by molar-refractivity contribution is 5.79. The third kappa shape index (κ3) is 5.36. The van der Waals surface area contributed by atoms with Crippen molar-refractivity contribution < 1.29 is 8.78 Å². The molecular formula is C18H21F2N3. The molecule has 0 bridgehead atoms. The highest BCUT2D eigenvalue weighted by Gasteiger charge is 2.05. The lowest BCUT2D eigenvalue weighted by molar-refractivity contribution is 0.581. The third-order valence-corrected chi connectivity index (χ3v) is 3.47. The van der Waals surface area contributed by atoms with Gasteiger partial charge in [-0.15, -0.1) is 0 Å². The Balaban J connectivity index is 1.83. The molecule has 2 N–H and O–H groups in total. The second-order valence-corrected chi connectivity index (χ2v) is 5.33. The number of halogens is 2. The molecule has 2 rings (SSSR count). The standard InChI is InChI=1S/C18H21F2N3/c1-13-4-3-5-14(10-13)8-9-22-18(21-2)23-12-15-11-16(19)6-7-17(15)20/h3-7,10-11H,8-9,12H2,1-2H3,(H2,21,22,23). The van der Waals surface area contributed by atoms with Crippen molar-refractivity contribution in [2.24, 2.45) is 4.99 Å². The monoisotopic (exact) mass is 317 g/mol. The van der Waals surface area contributed by atoms with Crippen molar-refractivity contribution in [3.8, 4) is 0 Å². The van der Waals surface area contributed by atoms with E-state index in [9.17, 15) is 8.78 Å². The molecule has 0 heterocycles. The summed E-state index contributed by atoms with van der Waals surface area (Å²) in [6, 6.07) is 11.7. The number of benzene rings is 2. The fourth-order valence-electron chi connectivity index (χ4n) is 2.27. The van der Waals surface area contributed by atoms with E-state index in [1.807, 2.05) is 6.07 Å². The highest BCUT2D eigenvalue weighted by atomic mass is 19.1. The fraction of sp³-hybridized carbons (Fsp3) is 0.278.